The summed E-state index contributed by atoms with van der Waals surface area (Å²) in [4.78, 5) is 3.65. The average molecular weight is 326 g/mol. The predicted octanol–water partition coefficient (Wildman–Crippen LogP) is 0.753. The van der Waals surface area contributed by atoms with Crippen LogP contribution in [0.1, 0.15) is 13.3 Å². The first kappa shape index (κ1) is 16.4. The normalized spacial score (nSPS) is 15.1. The van der Waals surface area contributed by atoms with Crippen LogP contribution in [0.15, 0.2) is 17.2 Å². The fourth-order valence-electron chi connectivity index (χ4n) is 1.22. The van der Waals surface area contributed by atoms with Gasteiger partial charge in [0.05, 0.1) is 5.02 Å². The van der Waals surface area contributed by atoms with Gasteiger partial charge in [-0.25, -0.2) is 18.1 Å². The smallest absolute Gasteiger partial charge is 0.242 e. The van der Waals surface area contributed by atoms with Gasteiger partial charge in [0.2, 0.25) is 10.0 Å². The molecule has 1 aromatic rings. The van der Waals surface area contributed by atoms with E-state index in [2.05, 4.69) is 9.71 Å². The van der Waals surface area contributed by atoms with Crippen molar-refractivity contribution >= 4 is 38.2 Å². The third-order valence-electron chi connectivity index (χ3n) is 2.56. The van der Waals surface area contributed by atoms with E-state index in [1.807, 2.05) is 0 Å². The summed E-state index contributed by atoms with van der Waals surface area (Å²) in [5.41, 5.74) is 5.41. The van der Waals surface area contributed by atoms with E-state index < -0.39 is 20.8 Å². The number of nitrogen functional groups attached to an aromatic ring is 1. The number of rotatable bonds is 6. The third kappa shape index (κ3) is 4.72. The summed E-state index contributed by atoms with van der Waals surface area (Å²) in [6.07, 6.45) is 3.21. The molecule has 0 saturated heterocycles. The molecule has 6 nitrogen and oxygen atoms in total. The number of aromatic nitrogens is 1. The van der Waals surface area contributed by atoms with E-state index in [1.165, 1.54) is 6.07 Å². The lowest BCUT2D eigenvalue weighted by Crippen LogP contribution is -2.27. The molecule has 2 atom stereocenters. The number of halogens is 1. The molecule has 3 N–H and O–H groups in total. The van der Waals surface area contributed by atoms with Crippen LogP contribution in [0.3, 0.4) is 0 Å². The Labute approximate surface area is 120 Å². The molecule has 2 unspecified atom stereocenters. The second kappa shape index (κ2) is 6.65. The average Bonchev–Trinajstić information content (AvgIpc) is 2.32. The highest BCUT2D eigenvalue weighted by atomic mass is 35.5. The second-order valence-corrected chi connectivity index (χ2v) is 8.01. The minimum atomic E-state index is -3.67. The molecular weight excluding hydrogens is 310 g/mol. The van der Waals surface area contributed by atoms with Crippen molar-refractivity contribution in [3.05, 3.63) is 17.3 Å². The zero-order valence-corrected chi connectivity index (χ0v) is 13.0. The van der Waals surface area contributed by atoms with Crippen LogP contribution in [-0.2, 0) is 20.8 Å². The number of pyridine rings is 1. The maximum atomic E-state index is 11.9. The SMILES string of the molecule is CC(CCNS(=O)(=O)c1cnc(N)c(Cl)c1)S(C)=O. The molecule has 0 spiro atoms. The van der Waals surface area contributed by atoms with Crippen molar-refractivity contribution in [3.8, 4) is 0 Å². The van der Waals surface area contributed by atoms with Crippen LogP contribution in [0.4, 0.5) is 5.82 Å². The summed E-state index contributed by atoms with van der Waals surface area (Å²) >= 11 is 5.73. The molecular formula is C10H16ClN3O3S2. The van der Waals surface area contributed by atoms with Crippen LogP contribution in [0.25, 0.3) is 0 Å². The molecule has 19 heavy (non-hydrogen) atoms. The molecule has 0 aromatic carbocycles. The predicted molar refractivity (Wildman–Crippen MR) is 77.0 cm³/mol. The Balaban J connectivity index is 2.71. The highest BCUT2D eigenvalue weighted by Gasteiger charge is 2.16. The van der Waals surface area contributed by atoms with E-state index in [0.717, 1.165) is 6.20 Å². The summed E-state index contributed by atoms with van der Waals surface area (Å²) in [5, 5.41) is 0.0155. The first-order chi connectivity index (χ1) is 8.74. The standard InChI is InChI=1S/C10H16ClN3O3S2/c1-7(18(2)15)3-4-14-19(16,17)8-5-9(11)10(12)13-6-8/h5-7,14H,3-4H2,1-2H3,(H2,12,13). The number of hydrogen-bond donors (Lipinski definition) is 2. The largest absolute Gasteiger partial charge is 0.382 e. The first-order valence-corrected chi connectivity index (χ1v) is 8.95. The van der Waals surface area contributed by atoms with Gasteiger partial charge in [-0.1, -0.05) is 18.5 Å². The van der Waals surface area contributed by atoms with Crippen molar-refractivity contribution in [2.24, 2.45) is 0 Å². The Morgan fingerprint density at radius 3 is 2.74 bits per heavy atom. The van der Waals surface area contributed by atoms with Crippen LogP contribution in [-0.4, -0.2) is 35.7 Å². The molecule has 1 heterocycles. The van der Waals surface area contributed by atoms with E-state index in [4.69, 9.17) is 17.3 Å². The molecule has 0 aliphatic rings. The van der Waals surface area contributed by atoms with Gasteiger partial charge in [-0.15, -0.1) is 0 Å². The van der Waals surface area contributed by atoms with Gasteiger partial charge in [-0.2, -0.15) is 0 Å². The maximum absolute atomic E-state index is 11.9. The summed E-state index contributed by atoms with van der Waals surface area (Å²) in [6.45, 7) is 2.00. The number of sulfonamides is 1. The van der Waals surface area contributed by atoms with Gasteiger partial charge in [-0.3, -0.25) is 4.21 Å². The maximum Gasteiger partial charge on any atom is 0.242 e. The summed E-state index contributed by atoms with van der Waals surface area (Å²) in [6, 6.07) is 1.24. The van der Waals surface area contributed by atoms with E-state index in [1.54, 1.807) is 13.2 Å². The number of nitrogens with zero attached hydrogens (tertiary/aromatic N) is 1. The fraction of sp³-hybridized carbons (Fsp3) is 0.500. The Hall–Kier alpha value is -0.700. The van der Waals surface area contributed by atoms with Gasteiger partial charge < -0.3 is 5.73 Å². The quantitative estimate of drug-likeness (QED) is 0.803. The van der Waals surface area contributed by atoms with Crippen molar-refractivity contribution in [3.63, 3.8) is 0 Å². The zero-order chi connectivity index (χ0) is 14.6. The topological polar surface area (TPSA) is 102 Å². The summed E-state index contributed by atoms with van der Waals surface area (Å²) in [5.74, 6) is 0.0793. The number of nitrogens with one attached hydrogen (secondary N) is 1. The van der Waals surface area contributed by atoms with E-state index >= 15 is 0 Å². The van der Waals surface area contributed by atoms with Gasteiger partial charge in [-0.05, 0) is 12.5 Å². The van der Waals surface area contributed by atoms with Crippen LogP contribution >= 0.6 is 11.6 Å². The number of anilines is 1. The molecule has 1 rings (SSSR count). The van der Waals surface area contributed by atoms with Gasteiger partial charge in [0.1, 0.15) is 10.7 Å². The van der Waals surface area contributed by atoms with Crippen molar-refractivity contribution in [1.82, 2.24) is 9.71 Å². The highest BCUT2D eigenvalue weighted by molar-refractivity contribution is 7.89. The molecule has 9 heteroatoms. The minimum absolute atomic E-state index is 0.0445. The van der Waals surface area contributed by atoms with Crippen LogP contribution in [0.2, 0.25) is 5.02 Å². The summed E-state index contributed by atoms with van der Waals surface area (Å²) < 4.78 is 37.4. The number of nitrogens with two attached hydrogens (primary N) is 1. The first-order valence-electron chi connectivity index (χ1n) is 5.47. The summed E-state index contributed by atoms with van der Waals surface area (Å²) in [7, 11) is -4.65. The van der Waals surface area contributed by atoms with Gasteiger partial charge in [0.25, 0.3) is 0 Å². The monoisotopic (exact) mass is 325 g/mol. The highest BCUT2D eigenvalue weighted by Crippen LogP contribution is 2.19. The molecule has 0 saturated carbocycles. The molecule has 0 bridgehead atoms. The Morgan fingerprint density at radius 2 is 2.21 bits per heavy atom. The Bertz CT molecular complexity index is 577. The van der Waals surface area contributed by atoms with Crippen molar-refractivity contribution in [1.29, 1.82) is 0 Å². The molecule has 108 valence electrons. The van der Waals surface area contributed by atoms with Crippen LogP contribution in [0, 0.1) is 0 Å². The van der Waals surface area contributed by atoms with Gasteiger partial charge in [0.15, 0.2) is 0 Å². The molecule has 0 fully saturated rings. The van der Waals surface area contributed by atoms with Crippen molar-refractivity contribution in [2.75, 3.05) is 18.5 Å². The van der Waals surface area contributed by atoms with E-state index in [-0.39, 0.29) is 27.5 Å². The fourth-order valence-corrected chi connectivity index (χ4v) is 2.92. The van der Waals surface area contributed by atoms with Gasteiger partial charge >= 0.3 is 0 Å². The third-order valence-corrected chi connectivity index (χ3v) is 5.66. The zero-order valence-electron chi connectivity index (χ0n) is 10.6. The van der Waals surface area contributed by atoms with Crippen molar-refractivity contribution in [2.45, 2.75) is 23.5 Å². The molecule has 0 aliphatic heterocycles. The van der Waals surface area contributed by atoms with Crippen LogP contribution in [0.5, 0.6) is 0 Å². The second-order valence-electron chi connectivity index (χ2n) is 4.03. The molecule has 0 amide bonds. The van der Waals surface area contributed by atoms with Gasteiger partial charge in [0, 0.05) is 35.0 Å². The van der Waals surface area contributed by atoms with Crippen molar-refractivity contribution < 1.29 is 12.6 Å². The molecule has 0 aliphatic carbocycles. The Kier molecular flexibility index (Phi) is 5.72. The number of hydrogen-bond acceptors (Lipinski definition) is 5. The van der Waals surface area contributed by atoms with E-state index in [9.17, 15) is 12.6 Å². The lowest BCUT2D eigenvalue weighted by molar-refractivity contribution is 0.577. The van der Waals surface area contributed by atoms with E-state index in [0.29, 0.717) is 6.42 Å². The molecule has 0 radical (unpaired) electrons. The molecule has 1 aromatic heterocycles. The Morgan fingerprint density at radius 1 is 1.58 bits per heavy atom. The minimum Gasteiger partial charge on any atom is -0.382 e. The van der Waals surface area contributed by atoms with Crippen LogP contribution < -0.4 is 10.5 Å². The lowest BCUT2D eigenvalue weighted by Gasteiger charge is -2.10. The lowest BCUT2D eigenvalue weighted by atomic mass is 10.3.